The van der Waals surface area contributed by atoms with E-state index in [-0.39, 0.29) is 18.1 Å². The maximum Gasteiger partial charge on any atom is 0.306 e. The highest BCUT2D eigenvalue weighted by Crippen LogP contribution is 2.21. The van der Waals surface area contributed by atoms with Gasteiger partial charge in [0.15, 0.2) is 0 Å². The van der Waals surface area contributed by atoms with Gasteiger partial charge in [0.25, 0.3) is 0 Å². The van der Waals surface area contributed by atoms with Crippen LogP contribution in [-0.4, -0.2) is 20.6 Å². The largest absolute Gasteiger partial charge is 0.382 e. The summed E-state index contributed by atoms with van der Waals surface area (Å²) in [6, 6.07) is 14.4. The van der Waals surface area contributed by atoms with Crippen molar-refractivity contribution in [3.8, 4) is 5.75 Å². The van der Waals surface area contributed by atoms with E-state index in [4.69, 9.17) is 4.18 Å². The molecule has 0 bridgehead atoms. The van der Waals surface area contributed by atoms with Gasteiger partial charge in [0.2, 0.25) is 5.91 Å². The Hall–Kier alpha value is -2.34. The fraction of sp³-hybridized carbons (Fsp3) is 0.316. The highest BCUT2D eigenvalue weighted by atomic mass is 32.2. The van der Waals surface area contributed by atoms with Crippen LogP contribution >= 0.6 is 0 Å². The summed E-state index contributed by atoms with van der Waals surface area (Å²) in [6.45, 7) is 2.15. The van der Waals surface area contributed by atoms with Crippen LogP contribution in [0.15, 0.2) is 48.5 Å². The number of anilines is 1. The number of carbonyl (C=O) groups excluding carboxylic acids is 1. The van der Waals surface area contributed by atoms with Crippen molar-refractivity contribution in [2.75, 3.05) is 11.6 Å². The van der Waals surface area contributed by atoms with Gasteiger partial charge >= 0.3 is 10.1 Å². The van der Waals surface area contributed by atoms with Crippen LogP contribution < -0.4 is 9.50 Å². The Labute approximate surface area is 149 Å². The molecule has 25 heavy (non-hydrogen) atoms. The smallest absolute Gasteiger partial charge is 0.306 e. The number of para-hydroxylation sites is 1. The fourth-order valence-corrected chi connectivity index (χ4v) is 2.90. The molecule has 0 aliphatic heterocycles. The van der Waals surface area contributed by atoms with Gasteiger partial charge < -0.3 is 9.50 Å². The third-order valence-corrected chi connectivity index (χ3v) is 4.10. The standard InChI is InChI=1S/C19H23NO4S/c1-3-4-7-15-10-12-17(13-11-15)20-19(21)14-16-8-5-6-9-18(16)24-25(2,22)23/h5-6,8-13H,3-4,7,14H2,1-2H3,(H,20,21). The van der Waals surface area contributed by atoms with Crippen molar-refractivity contribution >= 4 is 21.7 Å². The Morgan fingerprint density at radius 2 is 1.76 bits per heavy atom. The zero-order chi connectivity index (χ0) is 18.3. The van der Waals surface area contributed by atoms with E-state index in [0.29, 0.717) is 11.3 Å². The molecule has 2 aromatic rings. The van der Waals surface area contributed by atoms with Crippen molar-refractivity contribution in [2.45, 2.75) is 32.6 Å². The molecule has 1 N–H and O–H groups in total. The van der Waals surface area contributed by atoms with Crippen LogP contribution in [0, 0.1) is 0 Å². The zero-order valence-electron chi connectivity index (χ0n) is 14.5. The topological polar surface area (TPSA) is 72.5 Å². The Morgan fingerprint density at radius 3 is 2.40 bits per heavy atom. The van der Waals surface area contributed by atoms with Crippen molar-refractivity contribution in [2.24, 2.45) is 0 Å². The quantitative estimate of drug-likeness (QED) is 0.730. The number of hydrogen-bond donors (Lipinski definition) is 1. The number of nitrogens with one attached hydrogen (secondary N) is 1. The second kappa shape index (κ2) is 8.67. The van der Waals surface area contributed by atoms with E-state index in [1.807, 2.05) is 24.3 Å². The predicted molar refractivity (Wildman–Crippen MR) is 99.3 cm³/mol. The van der Waals surface area contributed by atoms with Crippen LogP contribution in [0.1, 0.15) is 30.9 Å². The van der Waals surface area contributed by atoms with E-state index >= 15 is 0 Å². The van der Waals surface area contributed by atoms with Gasteiger partial charge in [0, 0.05) is 11.3 Å². The first-order valence-electron chi connectivity index (χ1n) is 8.23. The molecular formula is C19H23NO4S. The molecule has 0 spiro atoms. The Morgan fingerprint density at radius 1 is 1.08 bits per heavy atom. The highest BCUT2D eigenvalue weighted by molar-refractivity contribution is 7.86. The molecule has 134 valence electrons. The summed E-state index contributed by atoms with van der Waals surface area (Å²) in [7, 11) is -3.64. The van der Waals surface area contributed by atoms with Gasteiger partial charge in [-0.05, 0) is 36.6 Å². The van der Waals surface area contributed by atoms with E-state index in [1.165, 1.54) is 11.6 Å². The Balaban J connectivity index is 2.01. The normalized spacial score (nSPS) is 11.1. The lowest BCUT2D eigenvalue weighted by Crippen LogP contribution is -2.16. The van der Waals surface area contributed by atoms with Gasteiger partial charge in [-0.25, -0.2) is 0 Å². The Bertz CT molecular complexity index is 814. The number of amides is 1. The van der Waals surface area contributed by atoms with Crippen LogP contribution in [0.4, 0.5) is 5.69 Å². The summed E-state index contributed by atoms with van der Waals surface area (Å²) in [4.78, 5) is 12.2. The van der Waals surface area contributed by atoms with Gasteiger partial charge in [-0.1, -0.05) is 43.7 Å². The minimum Gasteiger partial charge on any atom is -0.382 e. The summed E-state index contributed by atoms with van der Waals surface area (Å²) in [5, 5.41) is 2.82. The summed E-state index contributed by atoms with van der Waals surface area (Å²) in [6.07, 6.45) is 4.32. The SMILES string of the molecule is CCCCc1ccc(NC(=O)Cc2ccccc2OS(C)(=O)=O)cc1. The second-order valence-electron chi connectivity index (χ2n) is 5.92. The van der Waals surface area contributed by atoms with E-state index in [9.17, 15) is 13.2 Å². The molecule has 0 radical (unpaired) electrons. The number of carbonyl (C=O) groups is 1. The van der Waals surface area contributed by atoms with Crippen LogP contribution in [0.5, 0.6) is 5.75 Å². The number of unbranched alkanes of at least 4 members (excludes halogenated alkanes) is 1. The molecule has 0 saturated heterocycles. The van der Waals surface area contributed by atoms with Crippen molar-refractivity contribution in [3.63, 3.8) is 0 Å². The number of hydrogen-bond acceptors (Lipinski definition) is 4. The molecule has 1 amide bonds. The van der Waals surface area contributed by atoms with Crippen molar-refractivity contribution in [1.29, 1.82) is 0 Å². The maximum atomic E-state index is 12.2. The molecule has 0 aliphatic carbocycles. The summed E-state index contributed by atoms with van der Waals surface area (Å²) in [5.41, 5.74) is 2.48. The molecule has 0 saturated carbocycles. The second-order valence-corrected chi connectivity index (χ2v) is 7.50. The number of benzene rings is 2. The molecule has 5 nitrogen and oxygen atoms in total. The minimum absolute atomic E-state index is 0.0310. The van der Waals surface area contributed by atoms with Crippen molar-refractivity contribution in [1.82, 2.24) is 0 Å². The van der Waals surface area contributed by atoms with E-state index in [1.54, 1.807) is 18.2 Å². The fourth-order valence-electron chi connectivity index (χ4n) is 2.41. The van der Waals surface area contributed by atoms with Gasteiger partial charge in [0.1, 0.15) is 5.75 Å². The third-order valence-electron chi connectivity index (χ3n) is 3.62. The molecule has 0 heterocycles. The van der Waals surface area contributed by atoms with Crippen LogP contribution in [0.3, 0.4) is 0 Å². The minimum atomic E-state index is -3.64. The molecule has 2 rings (SSSR count). The lowest BCUT2D eigenvalue weighted by molar-refractivity contribution is -0.115. The maximum absolute atomic E-state index is 12.2. The van der Waals surface area contributed by atoms with E-state index in [2.05, 4.69) is 12.2 Å². The molecule has 0 unspecified atom stereocenters. The first-order valence-corrected chi connectivity index (χ1v) is 10.0. The molecular weight excluding hydrogens is 338 g/mol. The van der Waals surface area contributed by atoms with Crippen LogP contribution in [-0.2, 0) is 27.8 Å². The summed E-state index contributed by atoms with van der Waals surface area (Å²) >= 11 is 0. The van der Waals surface area contributed by atoms with Crippen LogP contribution in [0.25, 0.3) is 0 Å². The lowest BCUT2D eigenvalue weighted by atomic mass is 10.1. The monoisotopic (exact) mass is 361 g/mol. The van der Waals surface area contributed by atoms with Gasteiger partial charge in [-0.2, -0.15) is 8.42 Å². The predicted octanol–water partition coefficient (Wildman–Crippen LogP) is 3.55. The molecule has 0 atom stereocenters. The average Bonchev–Trinajstić information content (AvgIpc) is 2.55. The first kappa shape index (κ1) is 19.0. The van der Waals surface area contributed by atoms with E-state index in [0.717, 1.165) is 25.5 Å². The number of rotatable bonds is 8. The van der Waals surface area contributed by atoms with Gasteiger partial charge in [0.05, 0.1) is 12.7 Å². The molecule has 0 aliphatic rings. The van der Waals surface area contributed by atoms with E-state index < -0.39 is 10.1 Å². The third kappa shape index (κ3) is 6.58. The first-order chi connectivity index (χ1) is 11.9. The molecule has 0 aromatic heterocycles. The highest BCUT2D eigenvalue weighted by Gasteiger charge is 2.12. The zero-order valence-corrected chi connectivity index (χ0v) is 15.3. The average molecular weight is 361 g/mol. The lowest BCUT2D eigenvalue weighted by Gasteiger charge is -2.10. The van der Waals surface area contributed by atoms with Crippen LogP contribution in [0.2, 0.25) is 0 Å². The molecule has 0 fully saturated rings. The van der Waals surface area contributed by atoms with Crippen molar-refractivity contribution in [3.05, 3.63) is 59.7 Å². The van der Waals surface area contributed by atoms with Gasteiger partial charge in [-0.3, -0.25) is 4.79 Å². The van der Waals surface area contributed by atoms with Crippen molar-refractivity contribution < 1.29 is 17.4 Å². The summed E-state index contributed by atoms with van der Waals surface area (Å²) < 4.78 is 27.6. The molecule has 6 heteroatoms. The number of aryl methyl sites for hydroxylation is 1. The summed E-state index contributed by atoms with van der Waals surface area (Å²) in [5.74, 6) is -0.0547. The Kier molecular flexibility index (Phi) is 6.58. The molecule has 2 aromatic carbocycles. The van der Waals surface area contributed by atoms with Gasteiger partial charge in [-0.15, -0.1) is 0 Å².